The molecule has 0 fully saturated rings. The highest BCUT2D eigenvalue weighted by atomic mass is 32.2. The van der Waals surface area contributed by atoms with Crippen LogP contribution in [0, 0.1) is 33.5 Å². The van der Waals surface area contributed by atoms with Gasteiger partial charge in [0.05, 0.1) is 11.5 Å². The zero-order valence-electron chi connectivity index (χ0n) is 16.4. The maximum Gasteiger partial charge on any atom is 0.297 e. The Hall–Kier alpha value is -2.50. The molecule has 0 aliphatic rings. The van der Waals surface area contributed by atoms with Crippen molar-refractivity contribution in [3.8, 4) is 11.1 Å². The first-order chi connectivity index (χ1) is 13.2. The first-order valence-corrected chi connectivity index (χ1v) is 10.4. The molecule has 0 saturated carbocycles. The van der Waals surface area contributed by atoms with Gasteiger partial charge in [0, 0.05) is 0 Å². The Morgan fingerprint density at radius 3 is 2.14 bits per heavy atom. The molecule has 0 radical (unpaired) electrons. The molecule has 0 spiro atoms. The van der Waals surface area contributed by atoms with Crippen LogP contribution in [0.25, 0.3) is 11.1 Å². The Labute approximate surface area is 165 Å². The van der Waals surface area contributed by atoms with E-state index < -0.39 is 10.1 Å². The largest absolute Gasteiger partial charge is 0.297 e. The number of halogens is 1. The molecule has 3 aromatic carbocycles. The highest BCUT2D eigenvalue weighted by Crippen LogP contribution is 2.30. The molecular weight excluding hydrogens is 375 g/mol. The van der Waals surface area contributed by atoms with Crippen LogP contribution in [-0.4, -0.2) is 8.42 Å². The molecule has 0 heterocycles. The molecule has 3 nitrogen and oxygen atoms in total. The van der Waals surface area contributed by atoms with Crippen LogP contribution in [0.4, 0.5) is 4.39 Å². The van der Waals surface area contributed by atoms with Crippen LogP contribution in [0.2, 0.25) is 0 Å². The first kappa shape index (κ1) is 20.2. The lowest BCUT2D eigenvalue weighted by Gasteiger charge is -2.15. The second kappa shape index (κ2) is 7.86. The van der Waals surface area contributed by atoms with Crippen LogP contribution in [-0.2, 0) is 20.9 Å². The highest BCUT2D eigenvalue weighted by Gasteiger charge is 2.18. The van der Waals surface area contributed by atoms with Crippen molar-refractivity contribution in [2.24, 2.45) is 0 Å². The normalized spacial score (nSPS) is 11.6. The zero-order chi connectivity index (χ0) is 20.5. The van der Waals surface area contributed by atoms with Gasteiger partial charge in [0.15, 0.2) is 0 Å². The van der Waals surface area contributed by atoms with Gasteiger partial charge >= 0.3 is 0 Å². The maximum atomic E-state index is 13.7. The number of benzene rings is 3. The Kier molecular flexibility index (Phi) is 5.68. The molecule has 0 saturated heterocycles. The average molecular weight is 398 g/mol. The molecule has 0 unspecified atom stereocenters. The Morgan fingerprint density at radius 1 is 0.821 bits per heavy atom. The quantitative estimate of drug-likeness (QED) is 0.523. The summed E-state index contributed by atoms with van der Waals surface area (Å²) in [6.07, 6.45) is 0. The fourth-order valence-electron chi connectivity index (χ4n) is 3.17. The minimum atomic E-state index is -3.88. The van der Waals surface area contributed by atoms with E-state index in [1.165, 1.54) is 18.2 Å². The summed E-state index contributed by atoms with van der Waals surface area (Å²) in [6.45, 7) is 7.40. The number of rotatable bonds is 5. The van der Waals surface area contributed by atoms with Crippen LogP contribution in [0.5, 0.6) is 0 Å². The van der Waals surface area contributed by atoms with Gasteiger partial charge in [0.1, 0.15) is 5.82 Å². The number of hydrogen-bond donors (Lipinski definition) is 0. The fraction of sp³-hybridized carbons (Fsp3) is 0.217. The SMILES string of the molecule is Cc1ccc(S(=O)(=O)OCc2c(C)cc(C)cc2-c2ccc(F)c(C)c2)cc1. The van der Waals surface area contributed by atoms with Gasteiger partial charge in [-0.1, -0.05) is 41.5 Å². The van der Waals surface area contributed by atoms with E-state index in [0.717, 1.165) is 33.4 Å². The Morgan fingerprint density at radius 2 is 1.50 bits per heavy atom. The molecule has 0 N–H and O–H groups in total. The van der Waals surface area contributed by atoms with Crippen molar-refractivity contribution >= 4 is 10.1 Å². The van der Waals surface area contributed by atoms with E-state index >= 15 is 0 Å². The van der Waals surface area contributed by atoms with Crippen LogP contribution < -0.4 is 0 Å². The van der Waals surface area contributed by atoms with Gasteiger partial charge < -0.3 is 0 Å². The molecule has 0 aromatic heterocycles. The van der Waals surface area contributed by atoms with Crippen molar-refractivity contribution in [1.29, 1.82) is 0 Å². The van der Waals surface area contributed by atoms with Crippen LogP contribution >= 0.6 is 0 Å². The minimum Gasteiger partial charge on any atom is -0.262 e. The molecular formula is C23H23FO3S. The third kappa shape index (κ3) is 4.32. The number of hydrogen-bond acceptors (Lipinski definition) is 3. The lowest BCUT2D eigenvalue weighted by Crippen LogP contribution is -2.08. The zero-order valence-corrected chi connectivity index (χ0v) is 17.2. The summed E-state index contributed by atoms with van der Waals surface area (Å²) in [5.41, 5.74) is 5.93. The first-order valence-electron chi connectivity index (χ1n) is 9.00. The summed E-state index contributed by atoms with van der Waals surface area (Å²) >= 11 is 0. The third-order valence-electron chi connectivity index (χ3n) is 4.75. The van der Waals surface area contributed by atoms with Crippen molar-refractivity contribution in [1.82, 2.24) is 0 Å². The molecule has 0 aliphatic carbocycles. The summed E-state index contributed by atoms with van der Waals surface area (Å²) in [5, 5.41) is 0. The van der Waals surface area contributed by atoms with E-state index in [0.29, 0.717) is 5.56 Å². The van der Waals surface area contributed by atoms with Gasteiger partial charge in [0.2, 0.25) is 0 Å². The van der Waals surface area contributed by atoms with Crippen molar-refractivity contribution in [3.05, 3.63) is 88.2 Å². The van der Waals surface area contributed by atoms with Gasteiger partial charge in [-0.15, -0.1) is 0 Å². The van der Waals surface area contributed by atoms with Gasteiger partial charge in [0.25, 0.3) is 10.1 Å². The second-order valence-corrected chi connectivity index (χ2v) is 8.72. The van der Waals surface area contributed by atoms with Gasteiger partial charge in [-0.3, -0.25) is 4.18 Å². The maximum absolute atomic E-state index is 13.7. The highest BCUT2D eigenvalue weighted by molar-refractivity contribution is 7.86. The van der Waals surface area contributed by atoms with Crippen molar-refractivity contribution in [3.63, 3.8) is 0 Å². The summed E-state index contributed by atoms with van der Waals surface area (Å²) in [5.74, 6) is -0.270. The predicted molar refractivity (Wildman–Crippen MR) is 109 cm³/mol. The average Bonchev–Trinajstić information content (AvgIpc) is 2.63. The van der Waals surface area contributed by atoms with E-state index in [4.69, 9.17) is 4.18 Å². The Balaban J connectivity index is 1.98. The second-order valence-electron chi connectivity index (χ2n) is 7.10. The molecule has 0 bridgehead atoms. The van der Waals surface area contributed by atoms with Gasteiger partial charge in [-0.2, -0.15) is 8.42 Å². The molecule has 0 atom stereocenters. The predicted octanol–water partition coefficient (Wildman–Crippen LogP) is 5.63. The standard InChI is InChI=1S/C23H23FO3S/c1-15-5-8-20(9-6-15)28(25,26)27-14-22-17(3)11-16(2)12-21(22)19-7-10-23(24)18(4)13-19/h5-13H,14H2,1-4H3. The van der Waals surface area contributed by atoms with Gasteiger partial charge in [-0.05, 0) is 79.8 Å². The summed E-state index contributed by atoms with van der Waals surface area (Å²) in [7, 11) is -3.88. The Bertz CT molecular complexity index is 1120. The van der Waals surface area contributed by atoms with Crippen molar-refractivity contribution in [2.75, 3.05) is 0 Å². The molecule has 0 aliphatic heterocycles. The van der Waals surface area contributed by atoms with E-state index in [-0.39, 0.29) is 17.3 Å². The molecule has 28 heavy (non-hydrogen) atoms. The monoisotopic (exact) mass is 398 g/mol. The van der Waals surface area contributed by atoms with Crippen molar-refractivity contribution < 1.29 is 17.0 Å². The van der Waals surface area contributed by atoms with E-state index in [1.807, 2.05) is 32.9 Å². The van der Waals surface area contributed by atoms with E-state index in [1.54, 1.807) is 31.2 Å². The summed E-state index contributed by atoms with van der Waals surface area (Å²) in [6, 6.07) is 15.4. The molecule has 3 aromatic rings. The molecule has 3 rings (SSSR count). The van der Waals surface area contributed by atoms with Gasteiger partial charge in [-0.25, -0.2) is 4.39 Å². The topological polar surface area (TPSA) is 43.4 Å². The minimum absolute atomic E-state index is 0.0892. The fourth-order valence-corrected chi connectivity index (χ4v) is 4.05. The van der Waals surface area contributed by atoms with Crippen molar-refractivity contribution in [2.45, 2.75) is 39.2 Å². The number of aryl methyl sites for hydroxylation is 4. The molecule has 0 amide bonds. The van der Waals surface area contributed by atoms with E-state index in [9.17, 15) is 12.8 Å². The van der Waals surface area contributed by atoms with E-state index in [2.05, 4.69) is 0 Å². The van der Waals surface area contributed by atoms with Crippen LogP contribution in [0.3, 0.4) is 0 Å². The lowest BCUT2D eigenvalue weighted by molar-refractivity contribution is 0.308. The summed E-state index contributed by atoms with van der Waals surface area (Å²) < 4.78 is 44.2. The molecule has 146 valence electrons. The van der Waals surface area contributed by atoms with Crippen LogP contribution in [0.15, 0.2) is 59.5 Å². The third-order valence-corrected chi connectivity index (χ3v) is 6.03. The molecule has 5 heteroatoms. The lowest BCUT2D eigenvalue weighted by atomic mass is 9.93. The van der Waals surface area contributed by atoms with Crippen LogP contribution in [0.1, 0.15) is 27.8 Å². The smallest absolute Gasteiger partial charge is 0.262 e. The summed E-state index contributed by atoms with van der Waals surface area (Å²) in [4.78, 5) is 0.127.